The molecule has 0 aliphatic heterocycles. The average Bonchev–Trinajstić information content (AvgIpc) is 2.72. The number of carbonyl (C=O) groups is 1. The fourth-order valence-corrected chi connectivity index (χ4v) is 1.53. The lowest BCUT2D eigenvalue weighted by atomic mass is 10.1. The van der Waals surface area contributed by atoms with Crippen LogP contribution in [0.15, 0.2) is 24.5 Å². The number of rotatable bonds is 3. The van der Waals surface area contributed by atoms with Gasteiger partial charge < -0.3 is 10.1 Å². The molecule has 0 aliphatic rings. The highest BCUT2D eigenvalue weighted by Gasteiger charge is 2.13. The van der Waals surface area contributed by atoms with Gasteiger partial charge in [0.25, 0.3) is 0 Å². The maximum Gasteiger partial charge on any atom is 0.307 e. The molecule has 2 aromatic heterocycles. The molecule has 5 nitrogen and oxygen atoms in total. The molecule has 0 amide bonds. The quantitative estimate of drug-likeness (QED) is 0.786. The third-order valence-electron chi connectivity index (χ3n) is 2.10. The normalized spacial score (nSPS) is 10.5. The minimum atomic E-state index is -0.851. The van der Waals surface area contributed by atoms with Gasteiger partial charge in [0.05, 0.1) is 12.1 Å². The molecule has 0 saturated carbocycles. The van der Waals surface area contributed by atoms with Crippen LogP contribution in [0.4, 0.5) is 0 Å². The molecule has 5 heteroatoms. The Morgan fingerprint density at radius 1 is 1.67 bits per heavy atom. The molecule has 2 rings (SSSR count). The van der Waals surface area contributed by atoms with Crippen molar-refractivity contribution in [2.24, 2.45) is 7.05 Å². The average molecular weight is 205 g/mol. The monoisotopic (exact) mass is 205 g/mol. The topological polar surface area (TPSA) is 70.9 Å². The standard InChI is InChI=1S/C10H11N3O2/c1-13-6-7(5-9(14)15)10(12-13)8-3-2-4-11-8/h2-4,6,11H,5H2,1H3,(H,14,15). The summed E-state index contributed by atoms with van der Waals surface area (Å²) in [7, 11) is 1.78. The van der Waals surface area contributed by atoms with E-state index >= 15 is 0 Å². The second kappa shape index (κ2) is 3.61. The van der Waals surface area contributed by atoms with Gasteiger partial charge in [-0.05, 0) is 12.1 Å². The third-order valence-corrected chi connectivity index (χ3v) is 2.10. The third kappa shape index (κ3) is 1.90. The Morgan fingerprint density at radius 3 is 3.07 bits per heavy atom. The van der Waals surface area contributed by atoms with Gasteiger partial charge in [0, 0.05) is 25.0 Å². The summed E-state index contributed by atoms with van der Waals surface area (Å²) in [5, 5.41) is 13.0. The minimum Gasteiger partial charge on any atom is -0.481 e. The zero-order chi connectivity index (χ0) is 10.8. The summed E-state index contributed by atoms with van der Waals surface area (Å²) in [5.41, 5.74) is 2.25. The van der Waals surface area contributed by atoms with E-state index in [0.717, 1.165) is 5.69 Å². The zero-order valence-electron chi connectivity index (χ0n) is 8.27. The van der Waals surface area contributed by atoms with Crippen LogP contribution < -0.4 is 0 Å². The maximum atomic E-state index is 10.7. The van der Waals surface area contributed by atoms with E-state index in [4.69, 9.17) is 5.11 Å². The van der Waals surface area contributed by atoms with Gasteiger partial charge in [0.2, 0.25) is 0 Å². The number of aromatic nitrogens is 3. The zero-order valence-corrected chi connectivity index (χ0v) is 8.27. The van der Waals surface area contributed by atoms with E-state index in [0.29, 0.717) is 11.3 Å². The second-order valence-corrected chi connectivity index (χ2v) is 3.33. The van der Waals surface area contributed by atoms with Gasteiger partial charge in [-0.2, -0.15) is 5.10 Å². The highest BCUT2D eigenvalue weighted by molar-refractivity contribution is 5.73. The van der Waals surface area contributed by atoms with Crippen molar-refractivity contribution in [1.29, 1.82) is 0 Å². The number of carboxylic acid groups (broad SMARTS) is 1. The van der Waals surface area contributed by atoms with Crippen molar-refractivity contribution in [2.75, 3.05) is 0 Å². The molecule has 0 radical (unpaired) electrons. The van der Waals surface area contributed by atoms with Gasteiger partial charge in [-0.1, -0.05) is 0 Å². The summed E-state index contributed by atoms with van der Waals surface area (Å²) >= 11 is 0. The first-order chi connectivity index (χ1) is 7.16. The molecule has 2 N–H and O–H groups in total. The highest BCUT2D eigenvalue weighted by Crippen LogP contribution is 2.20. The van der Waals surface area contributed by atoms with Crippen LogP contribution in [0.5, 0.6) is 0 Å². The Bertz CT molecular complexity index is 471. The Morgan fingerprint density at radius 2 is 2.47 bits per heavy atom. The molecule has 0 aromatic carbocycles. The summed E-state index contributed by atoms with van der Waals surface area (Å²) in [5.74, 6) is -0.851. The number of hydrogen-bond donors (Lipinski definition) is 2. The molecule has 2 aromatic rings. The number of nitrogens with zero attached hydrogens (tertiary/aromatic N) is 2. The molecule has 78 valence electrons. The van der Waals surface area contributed by atoms with E-state index in [1.54, 1.807) is 24.1 Å². The van der Waals surface area contributed by atoms with Crippen LogP contribution in [-0.2, 0) is 18.3 Å². The lowest BCUT2D eigenvalue weighted by Gasteiger charge is -1.95. The first-order valence-electron chi connectivity index (χ1n) is 4.55. The van der Waals surface area contributed by atoms with Crippen LogP contribution in [-0.4, -0.2) is 25.8 Å². The lowest BCUT2D eigenvalue weighted by molar-refractivity contribution is -0.136. The van der Waals surface area contributed by atoms with Crippen molar-refractivity contribution in [3.05, 3.63) is 30.1 Å². The van der Waals surface area contributed by atoms with Crippen molar-refractivity contribution in [2.45, 2.75) is 6.42 Å². The summed E-state index contributed by atoms with van der Waals surface area (Å²) in [6, 6.07) is 3.72. The van der Waals surface area contributed by atoms with Gasteiger partial charge >= 0.3 is 5.97 Å². The number of aryl methyl sites for hydroxylation is 1. The largest absolute Gasteiger partial charge is 0.481 e. The number of aromatic amines is 1. The number of carboxylic acids is 1. The minimum absolute atomic E-state index is 0.0117. The van der Waals surface area contributed by atoms with Crippen LogP contribution in [0.25, 0.3) is 11.4 Å². The van der Waals surface area contributed by atoms with E-state index < -0.39 is 5.97 Å². The number of nitrogens with one attached hydrogen (secondary N) is 1. The van der Waals surface area contributed by atoms with Gasteiger partial charge in [0.15, 0.2) is 0 Å². The van der Waals surface area contributed by atoms with Crippen LogP contribution in [0.3, 0.4) is 0 Å². The second-order valence-electron chi connectivity index (χ2n) is 3.33. The van der Waals surface area contributed by atoms with Gasteiger partial charge in [-0.15, -0.1) is 0 Å². The van der Waals surface area contributed by atoms with Gasteiger partial charge in [-0.3, -0.25) is 9.48 Å². The summed E-state index contributed by atoms with van der Waals surface area (Å²) in [6.45, 7) is 0. The van der Waals surface area contributed by atoms with Crippen LogP contribution >= 0.6 is 0 Å². The molecule has 0 unspecified atom stereocenters. The number of H-pyrrole nitrogens is 1. The van der Waals surface area contributed by atoms with Crippen molar-refractivity contribution < 1.29 is 9.90 Å². The van der Waals surface area contributed by atoms with Crippen LogP contribution in [0, 0.1) is 0 Å². The fourth-order valence-electron chi connectivity index (χ4n) is 1.53. The van der Waals surface area contributed by atoms with E-state index in [2.05, 4.69) is 10.1 Å². The predicted octanol–water partition coefficient (Wildman–Crippen LogP) is 1.04. The van der Waals surface area contributed by atoms with Gasteiger partial charge in [-0.25, -0.2) is 0 Å². The maximum absolute atomic E-state index is 10.7. The van der Waals surface area contributed by atoms with Gasteiger partial charge in [0.1, 0.15) is 5.69 Å². The van der Waals surface area contributed by atoms with Crippen LogP contribution in [0.2, 0.25) is 0 Å². The first-order valence-corrected chi connectivity index (χ1v) is 4.55. The number of aliphatic carboxylic acids is 1. The Kier molecular flexibility index (Phi) is 2.29. The summed E-state index contributed by atoms with van der Waals surface area (Å²) in [4.78, 5) is 13.7. The predicted molar refractivity (Wildman–Crippen MR) is 54.3 cm³/mol. The van der Waals surface area contributed by atoms with E-state index in [9.17, 15) is 4.79 Å². The molecule has 0 spiro atoms. The smallest absolute Gasteiger partial charge is 0.307 e. The molecule has 15 heavy (non-hydrogen) atoms. The molecule has 0 aliphatic carbocycles. The van der Waals surface area contributed by atoms with Crippen molar-refractivity contribution >= 4 is 5.97 Å². The summed E-state index contributed by atoms with van der Waals surface area (Å²) < 4.78 is 1.62. The van der Waals surface area contributed by atoms with Crippen molar-refractivity contribution in [3.63, 3.8) is 0 Å². The molecule has 0 saturated heterocycles. The molecular formula is C10H11N3O2. The number of hydrogen-bond acceptors (Lipinski definition) is 2. The Labute approximate surface area is 86.4 Å². The molecule has 0 atom stereocenters. The van der Waals surface area contributed by atoms with E-state index in [1.807, 2.05) is 12.1 Å². The van der Waals surface area contributed by atoms with E-state index in [1.165, 1.54) is 0 Å². The lowest BCUT2D eigenvalue weighted by Crippen LogP contribution is -2.00. The fraction of sp³-hybridized carbons (Fsp3) is 0.200. The van der Waals surface area contributed by atoms with E-state index in [-0.39, 0.29) is 6.42 Å². The van der Waals surface area contributed by atoms with Crippen LogP contribution in [0.1, 0.15) is 5.56 Å². The molecule has 0 fully saturated rings. The van der Waals surface area contributed by atoms with Crippen molar-refractivity contribution in [1.82, 2.24) is 14.8 Å². The molecule has 2 heterocycles. The molecular weight excluding hydrogens is 194 g/mol. The SMILES string of the molecule is Cn1cc(CC(=O)O)c(-c2ccc[nH]2)n1. The molecule has 0 bridgehead atoms. The summed E-state index contributed by atoms with van der Waals surface area (Å²) in [6.07, 6.45) is 3.50. The Hall–Kier alpha value is -2.04. The first kappa shape index (κ1) is 9.51. The highest BCUT2D eigenvalue weighted by atomic mass is 16.4. The van der Waals surface area contributed by atoms with Crippen molar-refractivity contribution in [3.8, 4) is 11.4 Å². The Balaban J connectivity index is 2.42.